The summed E-state index contributed by atoms with van der Waals surface area (Å²) in [6.45, 7) is 0.492. The largest absolute Gasteiger partial charge is 0.497 e. The summed E-state index contributed by atoms with van der Waals surface area (Å²) in [5.41, 5.74) is 1.10. The van der Waals surface area contributed by atoms with Crippen molar-refractivity contribution < 1.29 is 9.53 Å². The molecule has 0 spiro atoms. The fourth-order valence-electron chi connectivity index (χ4n) is 1.90. The van der Waals surface area contributed by atoms with Gasteiger partial charge in [0.25, 0.3) is 5.91 Å². The molecule has 1 N–H and O–H groups in total. The van der Waals surface area contributed by atoms with E-state index in [0.29, 0.717) is 6.54 Å². The van der Waals surface area contributed by atoms with E-state index < -0.39 is 0 Å². The normalized spacial score (nSPS) is 10.4. The maximum absolute atomic E-state index is 12.0. The zero-order valence-corrected chi connectivity index (χ0v) is 12.7. The van der Waals surface area contributed by atoms with Gasteiger partial charge >= 0.3 is 0 Å². The van der Waals surface area contributed by atoms with Crippen LogP contribution in [-0.4, -0.2) is 28.0 Å². The van der Waals surface area contributed by atoms with Gasteiger partial charge in [-0.15, -0.1) is 16.4 Å². The molecule has 0 aliphatic carbocycles. The lowest BCUT2D eigenvalue weighted by Crippen LogP contribution is -2.22. The van der Waals surface area contributed by atoms with Gasteiger partial charge in [-0.3, -0.25) is 4.79 Å². The van der Waals surface area contributed by atoms with Crippen LogP contribution < -0.4 is 10.1 Å². The maximum Gasteiger partial charge on any atom is 0.273 e. The maximum atomic E-state index is 12.0. The summed E-state index contributed by atoms with van der Waals surface area (Å²) in [6.07, 6.45) is 1.60. The van der Waals surface area contributed by atoms with Gasteiger partial charge in [0.1, 0.15) is 5.75 Å². The fraction of sp³-hybridized carbons (Fsp3) is 0.133. The van der Waals surface area contributed by atoms with E-state index in [1.165, 1.54) is 0 Å². The number of rotatable bonds is 5. The number of hydrogen-bond donors (Lipinski definition) is 1. The van der Waals surface area contributed by atoms with Crippen LogP contribution in [0, 0.1) is 0 Å². The molecule has 0 saturated heterocycles. The lowest BCUT2D eigenvalue weighted by molar-refractivity contribution is 0.0946. The smallest absolute Gasteiger partial charge is 0.273 e. The minimum absolute atomic E-state index is 0.242. The second kappa shape index (κ2) is 6.40. The summed E-state index contributed by atoms with van der Waals surface area (Å²) in [5, 5.41) is 12.7. The van der Waals surface area contributed by atoms with E-state index in [4.69, 9.17) is 4.74 Å². The van der Waals surface area contributed by atoms with E-state index in [0.717, 1.165) is 16.3 Å². The first kappa shape index (κ1) is 14.3. The van der Waals surface area contributed by atoms with Crippen LogP contribution in [0.5, 0.6) is 5.75 Å². The van der Waals surface area contributed by atoms with Crippen molar-refractivity contribution >= 4 is 17.2 Å². The minimum Gasteiger partial charge on any atom is -0.497 e. The lowest BCUT2D eigenvalue weighted by atomic mass is 10.3. The predicted octanol–water partition coefficient (Wildman–Crippen LogP) is 2.27. The van der Waals surface area contributed by atoms with Gasteiger partial charge in [-0.25, -0.2) is 4.68 Å². The Morgan fingerprint density at radius 2 is 2.14 bits per heavy atom. The Bertz CT molecular complexity index is 750. The molecule has 2 heterocycles. The molecule has 22 heavy (non-hydrogen) atoms. The zero-order chi connectivity index (χ0) is 15.4. The molecule has 0 aliphatic heterocycles. The number of methoxy groups -OCH3 is 1. The van der Waals surface area contributed by atoms with Gasteiger partial charge in [-0.1, -0.05) is 11.3 Å². The van der Waals surface area contributed by atoms with Crippen molar-refractivity contribution in [3.05, 3.63) is 58.5 Å². The Morgan fingerprint density at radius 3 is 2.82 bits per heavy atom. The second-order valence-electron chi connectivity index (χ2n) is 4.51. The third-order valence-corrected chi connectivity index (χ3v) is 3.94. The fourth-order valence-corrected chi connectivity index (χ4v) is 2.54. The molecule has 0 bridgehead atoms. The first-order valence-corrected chi connectivity index (χ1v) is 7.51. The van der Waals surface area contributed by atoms with Crippen LogP contribution >= 0.6 is 11.3 Å². The topological polar surface area (TPSA) is 69.0 Å². The molecule has 112 valence electrons. The first-order valence-electron chi connectivity index (χ1n) is 6.63. The van der Waals surface area contributed by atoms with Crippen LogP contribution in [-0.2, 0) is 6.54 Å². The van der Waals surface area contributed by atoms with Crippen molar-refractivity contribution in [2.75, 3.05) is 7.11 Å². The average Bonchev–Trinajstić information content (AvgIpc) is 3.24. The van der Waals surface area contributed by atoms with Gasteiger partial charge in [-0.2, -0.15) is 0 Å². The van der Waals surface area contributed by atoms with Crippen molar-refractivity contribution in [3.63, 3.8) is 0 Å². The number of carbonyl (C=O) groups excluding carboxylic acids is 1. The number of hydrogen-bond acceptors (Lipinski definition) is 5. The van der Waals surface area contributed by atoms with Gasteiger partial charge in [0.2, 0.25) is 0 Å². The number of ether oxygens (including phenoxy) is 1. The average molecular weight is 314 g/mol. The summed E-state index contributed by atoms with van der Waals surface area (Å²) in [5.74, 6) is 0.519. The highest BCUT2D eigenvalue weighted by Gasteiger charge is 2.11. The summed E-state index contributed by atoms with van der Waals surface area (Å²) in [7, 11) is 1.61. The highest BCUT2D eigenvalue weighted by atomic mass is 32.1. The van der Waals surface area contributed by atoms with Gasteiger partial charge in [0.15, 0.2) is 5.69 Å². The summed E-state index contributed by atoms with van der Waals surface area (Å²) >= 11 is 1.60. The third-order valence-electron chi connectivity index (χ3n) is 3.07. The van der Waals surface area contributed by atoms with E-state index in [1.54, 1.807) is 29.3 Å². The molecule has 3 rings (SSSR count). The summed E-state index contributed by atoms with van der Waals surface area (Å²) in [6, 6.07) is 11.3. The molecule has 0 saturated carbocycles. The number of amides is 1. The van der Waals surface area contributed by atoms with Gasteiger partial charge in [0.05, 0.1) is 25.5 Å². The van der Waals surface area contributed by atoms with E-state index in [1.807, 2.05) is 41.8 Å². The monoisotopic (exact) mass is 314 g/mol. The summed E-state index contributed by atoms with van der Waals surface area (Å²) in [4.78, 5) is 13.1. The molecule has 1 amide bonds. The van der Waals surface area contributed by atoms with Gasteiger partial charge in [-0.05, 0) is 35.7 Å². The Balaban J connectivity index is 1.68. The minimum atomic E-state index is -0.242. The Morgan fingerprint density at radius 1 is 1.32 bits per heavy atom. The first-order chi connectivity index (χ1) is 10.8. The molecule has 1 aromatic carbocycles. The van der Waals surface area contributed by atoms with Crippen LogP contribution in [0.1, 0.15) is 15.4 Å². The van der Waals surface area contributed by atoms with Crippen molar-refractivity contribution in [3.8, 4) is 11.4 Å². The molecule has 0 atom stereocenters. The predicted molar refractivity (Wildman–Crippen MR) is 83.4 cm³/mol. The standard InChI is InChI=1S/C15H14N4O2S/c1-21-12-6-4-11(5-7-12)19-10-14(17-18-19)15(20)16-9-13-3-2-8-22-13/h2-8,10H,9H2,1H3,(H,16,20). The van der Waals surface area contributed by atoms with E-state index in [2.05, 4.69) is 15.6 Å². The van der Waals surface area contributed by atoms with E-state index in [9.17, 15) is 4.79 Å². The van der Waals surface area contributed by atoms with Crippen molar-refractivity contribution in [2.45, 2.75) is 6.54 Å². The van der Waals surface area contributed by atoms with E-state index >= 15 is 0 Å². The summed E-state index contributed by atoms with van der Waals surface area (Å²) < 4.78 is 6.66. The number of aromatic nitrogens is 3. The van der Waals surface area contributed by atoms with Gasteiger partial charge < -0.3 is 10.1 Å². The molecule has 0 aliphatic rings. The molecule has 0 unspecified atom stereocenters. The molecular formula is C15H14N4O2S. The number of carbonyl (C=O) groups is 1. The SMILES string of the molecule is COc1ccc(-n2cc(C(=O)NCc3cccs3)nn2)cc1. The van der Waals surface area contributed by atoms with Crippen LogP contribution in [0.15, 0.2) is 48.0 Å². The highest BCUT2D eigenvalue weighted by Crippen LogP contribution is 2.14. The van der Waals surface area contributed by atoms with Crippen molar-refractivity contribution in [2.24, 2.45) is 0 Å². The number of nitrogens with one attached hydrogen (secondary N) is 1. The molecule has 0 radical (unpaired) electrons. The highest BCUT2D eigenvalue weighted by molar-refractivity contribution is 7.09. The molecule has 0 fully saturated rings. The van der Waals surface area contributed by atoms with E-state index in [-0.39, 0.29) is 11.6 Å². The third kappa shape index (κ3) is 3.15. The molecule has 7 heteroatoms. The Labute approximate surface area is 131 Å². The molecular weight excluding hydrogens is 300 g/mol. The van der Waals surface area contributed by atoms with Crippen LogP contribution in [0.4, 0.5) is 0 Å². The van der Waals surface area contributed by atoms with Gasteiger partial charge in [0, 0.05) is 4.88 Å². The quantitative estimate of drug-likeness (QED) is 0.784. The second-order valence-corrected chi connectivity index (χ2v) is 5.54. The Kier molecular flexibility index (Phi) is 4.15. The number of nitrogens with zero attached hydrogens (tertiary/aromatic N) is 3. The van der Waals surface area contributed by atoms with Crippen LogP contribution in [0.2, 0.25) is 0 Å². The zero-order valence-electron chi connectivity index (χ0n) is 11.9. The van der Waals surface area contributed by atoms with Crippen LogP contribution in [0.3, 0.4) is 0 Å². The lowest BCUT2D eigenvalue weighted by Gasteiger charge is -2.02. The molecule has 2 aromatic heterocycles. The van der Waals surface area contributed by atoms with Crippen LogP contribution in [0.25, 0.3) is 5.69 Å². The number of benzene rings is 1. The Hall–Kier alpha value is -2.67. The van der Waals surface area contributed by atoms with Crippen molar-refractivity contribution in [1.82, 2.24) is 20.3 Å². The molecule has 3 aromatic rings. The molecule has 6 nitrogen and oxygen atoms in total. The van der Waals surface area contributed by atoms with Crippen molar-refractivity contribution in [1.29, 1.82) is 0 Å². The number of thiophene rings is 1.